The largest absolute Gasteiger partial charge is 0.573 e. The third kappa shape index (κ3) is 4.59. The zero-order chi connectivity index (χ0) is 20.5. The van der Waals surface area contributed by atoms with E-state index in [0.29, 0.717) is 4.68 Å². The van der Waals surface area contributed by atoms with Gasteiger partial charge in [0.25, 0.3) is 0 Å². The molecule has 0 spiro atoms. The smallest absolute Gasteiger partial charge is 0.404 e. The van der Waals surface area contributed by atoms with Crippen LogP contribution in [0.15, 0.2) is 23.0 Å². The van der Waals surface area contributed by atoms with Gasteiger partial charge in [0.2, 0.25) is 0 Å². The van der Waals surface area contributed by atoms with Crippen LogP contribution in [0.1, 0.15) is 27.7 Å². The Balaban J connectivity index is 2.39. The third-order valence-electron chi connectivity index (χ3n) is 3.48. The molecule has 0 saturated heterocycles. The molecule has 0 aliphatic heterocycles. The van der Waals surface area contributed by atoms with E-state index in [1.54, 1.807) is 27.7 Å². The fourth-order valence-electron chi connectivity index (χ4n) is 2.50. The minimum atomic E-state index is -4.91. The molecule has 0 atom stereocenters. The van der Waals surface area contributed by atoms with Gasteiger partial charge in [-0.3, -0.25) is 0 Å². The van der Waals surface area contributed by atoms with Gasteiger partial charge in [-0.2, -0.15) is 4.68 Å². The maximum Gasteiger partial charge on any atom is 0.573 e. The Morgan fingerprint density at radius 3 is 2.26 bits per heavy atom. The molecule has 1 amide bonds. The van der Waals surface area contributed by atoms with Crippen LogP contribution in [-0.4, -0.2) is 49.2 Å². The average molecular weight is 408 g/mol. The number of alkyl halides is 3. The first kappa shape index (κ1) is 20.7. The molecular weight excluding hydrogens is 391 g/mol. The van der Waals surface area contributed by atoms with Crippen LogP contribution < -0.4 is 10.4 Å². The van der Waals surface area contributed by atoms with Gasteiger partial charge < -0.3 is 9.64 Å². The van der Waals surface area contributed by atoms with Gasteiger partial charge in [0.05, 0.1) is 10.7 Å². The van der Waals surface area contributed by atoms with Crippen molar-refractivity contribution in [3.05, 3.63) is 33.7 Å². The SMILES string of the molecule is CC(C)N(C(=O)n1nnn(-c2ccc(OC(F)(F)F)c(Cl)c2)c1=O)C(C)C. The van der Waals surface area contributed by atoms with Gasteiger partial charge in [-0.25, -0.2) is 9.59 Å². The molecule has 8 nitrogen and oxygen atoms in total. The molecule has 2 rings (SSSR count). The second-order valence-electron chi connectivity index (χ2n) is 6.12. The zero-order valence-corrected chi connectivity index (χ0v) is 15.6. The van der Waals surface area contributed by atoms with E-state index < -0.39 is 23.8 Å². The third-order valence-corrected chi connectivity index (χ3v) is 3.78. The van der Waals surface area contributed by atoms with Crippen molar-refractivity contribution in [3.8, 4) is 11.4 Å². The maximum atomic E-state index is 12.6. The van der Waals surface area contributed by atoms with Crippen LogP contribution in [-0.2, 0) is 0 Å². The van der Waals surface area contributed by atoms with Crippen LogP contribution in [0.25, 0.3) is 5.69 Å². The first-order chi connectivity index (χ1) is 12.4. The van der Waals surface area contributed by atoms with Gasteiger partial charge in [-0.05, 0) is 56.3 Å². The Hall–Kier alpha value is -2.56. The van der Waals surface area contributed by atoms with Crippen LogP contribution in [0.3, 0.4) is 0 Å². The standard InChI is InChI=1S/C15H17ClF3N5O3/c1-8(2)22(9(3)4)13(25)24-14(26)23(20-21-24)10-5-6-12(11(16)7-10)27-15(17,18)19/h5-9H,1-4H3. The second-order valence-corrected chi connectivity index (χ2v) is 6.53. The number of halogens is 4. The molecule has 1 aromatic carbocycles. The van der Waals surface area contributed by atoms with E-state index >= 15 is 0 Å². The molecule has 0 aliphatic carbocycles. The van der Waals surface area contributed by atoms with E-state index in [2.05, 4.69) is 15.2 Å². The number of hydrogen-bond donors (Lipinski definition) is 0. The minimum Gasteiger partial charge on any atom is -0.404 e. The van der Waals surface area contributed by atoms with Gasteiger partial charge in [0, 0.05) is 12.1 Å². The fourth-order valence-corrected chi connectivity index (χ4v) is 2.72. The van der Waals surface area contributed by atoms with Gasteiger partial charge in [-0.1, -0.05) is 11.6 Å². The van der Waals surface area contributed by atoms with Crippen LogP contribution in [0.2, 0.25) is 5.02 Å². The molecule has 0 bridgehead atoms. The number of aromatic nitrogens is 4. The van der Waals surface area contributed by atoms with Gasteiger partial charge in [0.15, 0.2) is 0 Å². The predicted molar refractivity (Wildman–Crippen MR) is 90.2 cm³/mol. The van der Waals surface area contributed by atoms with Crippen molar-refractivity contribution in [2.75, 3.05) is 0 Å². The van der Waals surface area contributed by atoms with E-state index in [9.17, 15) is 22.8 Å². The fraction of sp³-hybridized carbons (Fsp3) is 0.467. The lowest BCUT2D eigenvalue weighted by Crippen LogP contribution is -2.47. The Kier molecular flexibility index (Phi) is 5.83. The van der Waals surface area contributed by atoms with Crippen molar-refractivity contribution < 1.29 is 22.7 Å². The summed E-state index contributed by atoms with van der Waals surface area (Å²) >= 11 is 5.77. The first-order valence-corrected chi connectivity index (χ1v) is 8.23. The predicted octanol–water partition coefficient (Wildman–Crippen LogP) is 3.07. The Bertz CT molecular complexity index is 884. The van der Waals surface area contributed by atoms with E-state index in [4.69, 9.17) is 11.6 Å². The molecule has 148 valence electrons. The summed E-state index contributed by atoms with van der Waals surface area (Å²) in [4.78, 5) is 26.5. The Labute approximate surface area is 157 Å². The molecule has 12 heteroatoms. The van der Waals surface area contributed by atoms with Crippen molar-refractivity contribution >= 4 is 17.6 Å². The molecular formula is C15H17ClF3N5O3. The van der Waals surface area contributed by atoms with E-state index in [-0.39, 0.29) is 22.8 Å². The lowest BCUT2D eigenvalue weighted by Gasteiger charge is -2.29. The summed E-state index contributed by atoms with van der Waals surface area (Å²) in [5, 5.41) is 6.78. The van der Waals surface area contributed by atoms with E-state index in [0.717, 1.165) is 22.9 Å². The highest BCUT2D eigenvalue weighted by atomic mass is 35.5. The molecule has 0 unspecified atom stereocenters. The zero-order valence-electron chi connectivity index (χ0n) is 14.9. The van der Waals surface area contributed by atoms with E-state index in [1.807, 2.05) is 0 Å². The molecule has 0 radical (unpaired) electrons. The van der Waals surface area contributed by atoms with Crippen molar-refractivity contribution in [2.24, 2.45) is 0 Å². The van der Waals surface area contributed by atoms with Crippen LogP contribution in [0.5, 0.6) is 5.75 Å². The summed E-state index contributed by atoms with van der Waals surface area (Å²) < 4.78 is 42.0. The van der Waals surface area contributed by atoms with Crippen molar-refractivity contribution in [1.82, 2.24) is 24.7 Å². The topological polar surface area (TPSA) is 82.2 Å². The molecule has 0 saturated carbocycles. The molecule has 1 aromatic heterocycles. The molecule has 1 heterocycles. The second kappa shape index (κ2) is 7.59. The van der Waals surface area contributed by atoms with Gasteiger partial charge >= 0.3 is 18.1 Å². The summed E-state index contributed by atoms with van der Waals surface area (Å²) in [5.74, 6) is -0.629. The highest BCUT2D eigenvalue weighted by molar-refractivity contribution is 6.32. The summed E-state index contributed by atoms with van der Waals surface area (Å²) in [6.07, 6.45) is -4.91. The molecule has 2 aromatic rings. The highest BCUT2D eigenvalue weighted by Crippen LogP contribution is 2.31. The maximum absolute atomic E-state index is 12.6. The summed E-state index contributed by atoms with van der Waals surface area (Å²) in [7, 11) is 0. The van der Waals surface area contributed by atoms with Crippen molar-refractivity contribution in [2.45, 2.75) is 46.1 Å². The van der Waals surface area contributed by atoms with Crippen LogP contribution in [0, 0.1) is 0 Å². The lowest BCUT2D eigenvalue weighted by molar-refractivity contribution is -0.274. The number of hydrogen-bond acceptors (Lipinski definition) is 5. The van der Waals surface area contributed by atoms with Gasteiger partial charge in [-0.15, -0.1) is 17.9 Å². The Morgan fingerprint density at radius 1 is 1.19 bits per heavy atom. The first-order valence-electron chi connectivity index (χ1n) is 7.85. The Morgan fingerprint density at radius 2 is 1.78 bits per heavy atom. The molecule has 27 heavy (non-hydrogen) atoms. The number of tetrazole rings is 1. The molecule has 0 N–H and O–H groups in total. The average Bonchev–Trinajstić information content (AvgIpc) is 2.89. The van der Waals surface area contributed by atoms with Crippen LogP contribution >= 0.6 is 11.6 Å². The summed E-state index contributed by atoms with van der Waals surface area (Å²) in [6.45, 7) is 7.14. The van der Waals surface area contributed by atoms with Gasteiger partial charge in [0.1, 0.15) is 5.75 Å². The highest BCUT2D eigenvalue weighted by Gasteiger charge is 2.32. The van der Waals surface area contributed by atoms with Crippen molar-refractivity contribution in [3.63, 3.8) is 0 Å². The quantitative estimate of drug-likeness (QED) is 0.727. The number of benzene rings is 1. The monoisotopic (exact) mass is 407 g/mol. The summed E-state index contributed by atoms with van der Waals surface area (Å²) in [6, 6.07) is 2.08. The number of carbonyl (C=O) groups excluding carboxylic acids is 1. The lowest BCUT2D eigenvalue weighted by atomic mass is 10.2. The molecule has 0 aliphatic rings. The van der Waals surface area contributed by atoms with E-state index in [1.165, 1.54) is 4.90 Å². The van der Waals surface area contributed by atoms with Crippen LogP contribution in [0.4, 0.5) is 18.0 Å². The number of carbonyl (C=O) groups is 1. The molecule has 0 fully saturated rings. The van der Waals surface area contributed by atoms with Crippen molar-refractivity contribution in [1.29, 1.82) is 0 Å². The number of amides is 1. The summed E-state index contributed by atoms with van der Waals surface area (Å²) in [5.41, 5.74) is -0.855. The number of nitrogens with zero attached hydrogens (tertiary/aromatic N) is 5. The number of ether oxygens (including phenoxy) is 1. The number of rotatable bonds is 4. The normalized spacial score (nSPS) is 11.9. The minimum absolute atomic E-state index is 0.0271.